The van der Waals surface area contributed by atoms with Crippen molar-refractivity contribution in [1.82, 2.24) is 14.4 Å². The molecule has 1 N–H and O–H groups in total. The van der Waals surface area contributed by atoms with Gasteiger partial charge in [0.25, 0.3) is 10.0 Å². The van der Waals surface area contributed by atoms with Crippen molar-refractivity contribution >= 4 is 33.0 Å². The fourth-order valence-electron chi connectivity index (χ4n) is 3.74. The molecule has 0 bridgehead atoms. The molecule has 0 saturated carbocycles. The van der Waals surface area contributed by atoms with Crippen LogP contribution in [0.3, 0.4) is 0 Å². The second-order valence-electron chi connectivity index (χ2n) is 7.91. The number of amides is 1. The van der Waals surface area contributed by atoms with Crippen LogP contribution in [0, 0.1) is 12.8 Å². The number of aromatic nitrogens is 2. The summed E-state index contributed by atoms with van der Waals surface area (Å²) in [5.41, 5.74) is 2.16. The lowest BCUT2D eigenvalue weighted by Crippen LogP contribution is -2.43. The molecule has 1 aliphatic rings. The van der Waals surface area contributed by atoms with Gasteiger partial charge in [-0.1, -0.05) is 18.1 Å². The fourth-order valence-corrected chi connectivity index (χ4v) is 6.58. The van der Waals surface area contributed by atoms with Crippen LogP contribution in [-0.4, -0.2) is 49.0 Å². The van der Waals surface area contributed by atoms with Gasteiger partial charge in [0, 0.05) is 30.5 Å². The molecule has 0 aliphatic carbocycles. The Balaban J connectivity index is 1.48. The third kappa shape index (κ3) is 4.94. The number of ether oxygens (including phenoxy) is 1. The Kier molecular flexibility index (Phi) is 6.82. The summed E-state index contributed by atoms with van der Waals surface area (Å²) in [4.78, 5) is 17.2. The van der Waals surface area contributed by atoms with Crippen LogP contribution in [0.4, 0.5) is 5.69 Å². The predicted molar refractivity (Wildman–Crippen MR) is 125 cm³/mol. The van der Waals surface area contributed by atoms with Gasteiger partial charge in [0.1, 0.15) is 9.96 Å². The van der Waals surface area contributed by atoms with Crippen molar-refractivity contribution in [3.05, 3.63) is 41.1 Å². The van der Waals surface area contributed by atoms with E-state index in [1.165, 1.54) is 4.31 Å². The van der Waals surface area contributed by atoms with E-state index < -0.39 is 15.9 Å². The summed E-state index contributed by atoms with van der Waals surface area (Å²) in [5, 5.41) is 8.52. The molecule has 1 saturated heterocycles. The summed E-state index contributed by atoms with van der Waals surface area (Å²) in [5.74, 6) is 0.753. The van der Waals surface area contributed by atoms with Crippen molar-refractivity contribution in [3.8, 4) is 17.1 Å². The molecule has 33 heavy (non-hydrogen) atoms. The van der Waals surface area contributed by atoms with Crippen molar-refractivity contribution in [1.29, 1.82) is 0 Å². The quantitative estimate of drug-likeness (QED) is 0.537. The minimum atomic E-state index is -3.75. The molecule has 1 unspecified atom stereocenters. The smallest absolute Gasteiger partial charge is 0.252 e. The second kappa shape index (κ2) is 9.62. The van der Waals surface area contributed by atoms with Gasteiger partial charge in [0.15, 0.2) is 0 Å². The molecule has 4 rings (SSSR count). The number of methoxy groups -OCH3 is 1. The zero-order valence-electron chi connectivity index (χ0n) is 18.7. The SMILES string of the molecule is CCc1nc(-c2csc(S(=O)(=O)N3CCCC(C(=O)Nc4cc(C)ccc4OC)C3)c2)no1. The molecule has 3 heterocycles. The number of carbonyl (C=O) groups excluding carboxylic acids is 1. The van der Waals surface area contributed by atoms with Gasteiger partial charge in [-0.2, -0.15) is 9.29 Å². The number of hydrogen-bond acceptors (Lipinski definition) is 8. The van der Waals surface area contributed by atoms with Crippen LogP contribution in [0.5, 0.6) is 5.75 Å². The first-order valence-corrected chi connectivity index (χ1v) is 13.0. The first-order chi connectivity index (χ1) is 15.8. The van der Waals surface area contributed by atoms with Crippen LogP contribution in [0.1, 0.15) is 31.2 Å². The number of anilines is 1. The van der Waals surface area contributed by atoms with Crippen LogP contribution in [0.15, 0.2) is 38.4 Å². The standard InChI is InChI=1S/C22H26N4O5S2/c1-4-19-24-21(25-31-19)16-11-20(32-13-16)33(28,29)26-9-5-6-15(12-26)22(27)23-17-10-14(2)7-8-18(17)30-3/h7-8,10-11,13,15H,4-6,9,12H2,1-3H3,(H,23,27). The van der Waals surface area contributed by atoms with E-state index in [-0.39, 0.29) is 16.7 Å². The molecule has 1 atom stereocenters. The van der Waals surface area contributed by atoms with E-state index in [1.54, 1.807) is 24.6 Å². The minimum absolute atomic E-state index is 0.123. The van der Waals surface area contributed by atoms with E-state index in [0.29, 0.717) is 54.5 Å². The molecule has 176 valence electrons. The van der Waals surface area contributed by atoms with Gasteiger partial charge in [0.05, 0.1) is 18.7 Å². The van der Waals surface area contributed by atoms with Crippen LogP contribution in [0.2, 0.25) is 0 Å². The molecule has 9 nitrogen and oxygen atoms in total. The third-order valence-electron chi connectivity index (χ3n) is 5.57. The van der Waals surface area contributed by atoms with Gasteiger partial charge in [-0.25, -0.2) is 8.42 Å². The normalized spacial score (nSPS) is 17.1. The molecule has 1 aromatic carbocycles. The number of aryl methyl sites for hydroxylation is 2. The maximum absolute atomic E-state index is 13.3. The topological polar surface area (TPSA) is 115 Å². The van der Waals surface area contributed by atoms with Crippen LogP contribution < -0.4 is 10.1 Å². The minimum Gasteiger partial charge on any atom is -0.495 e. The van der Waals surface area contributed by atoms with Crippen molar-refractivity contribution in [2.24, 2.45) is 5.92 Å². The summed E-state index contributed by atoms with van der Waals surface area (Å²) >= 11 is 1.11. The highest BCUT2D eigenvalue weighted by Gasteiger charge is 2.34. The first kappa shape index (κ1) is 23.4. The van der Waals surface area contributed by atoms with Crippen molar-refractivity contribution in [3.63, 3.8) is 0 Å². The van der Waals surface area contributed by atoms with E-state index in [0.717, 1.165) is 16.9 Å². The molecule has 1 aliphatic heterocycles. The number of sulfonamides is 1. The number of nitrogens with zero attached hydrogens (tertiary/aromatic N) is 3. The maximum atomic E-state index is 13.3. The molecule has 11 heteroatoms. The number of piperidine rings is 1. The highest BCUT2D eigenvalue weighted by molar-refractivity contribution is 7.91. The highest BCUT2D eigenvalue weighted by atomic mass is 32.2. The Bertz CT molecular complexity index is 1250. The number of hydrogen-bond donors (Lipinski definition) is 1. The van der Waals surface area contributed by atoms with E-state index in [4.69, 9.17) is 9.26 Å². The van der Waals surface area contributed by atoms with Gasteiger partial charge < -0.3 is 14.6 Å². The lowest BCUT2D eigenvalue weighted by Gasteiger charge is -2.31. The number of carbonyl (C=O) groups is 1. The fraction of sp³-hybridized carbons (Fsp3) is 0.409. The molecule has 3 aromatic rings. The van der Waals surface area contributed by atoms with E-state index in [9.17, 15) is 13.2 Å². The Morgan fingerprint density at radius 1 is 1.36 bits per heavy atom. The molecular formula is C22H26N4O5S2. The van der Waals surface area contributed by atoms with Gasteiger partial charge in [0.2, 0.25) is 17.6 Å². The van der Waals surface area contributed by atoms with Crippen LogP contribution in [0.25, 0.3) is 11.4 Å². The summed E-state index contributed by atoms with van der Waals surface area (Å²) in [6.07, 6.45) is 1.82. The van der Waals surface area contributed by atoms with Gasteiger partial charge >= 0.3 is 0 Å². The third-order valence-corrected chi connectivity index (χ3v) is 8.85. The van der Waals surface area contributed by atoms with E-state index in [2.05, 4.69) is 15.5 Å². The summed E-state index contributed by atoms with van der Waals surface area (Å²) in [6.45, 7) is 4.32. The van der Waals surface area contributed by atoms with Crippen molar-refractivity contribution in [2.45, 2.75) is 37.3 Å². The highest BCUT2D eigenvalue weighted by Crippen LogP contribution is 2.32. The summed E-state index contributed by atoms with van der Waals surface area (Å²) in [7, 11) is -2.20. The number of rotatable bonds is 7. The zero-order chi connectivity index (χ0) is 23.6. The Labute approximate surface area is 196 Å². The van der Waals surface area contributed by atoms with Gasteiger partial charge in [-0.05, 0) is 43.5 Å². The number of nitrogens with one attached hydrogen (secondary N) is 1. The second-order valence-corrected chi connectivity index (χ2v) is 11.0. The molecule has 1 amide bonds. The number of benzene rings is 1. The van der Waals surface area contributed by atoms with Crippen LogP contribution >= 0.6 is 11.3 Å². The molecule has 0 radical (unpaired) electrons. The largest absolute Gasteiger partial charge is 0.495 e. The van der Waals surface area contributed by atoms with Gasteiger partial charge in [-0.3, -0.25) is 4.79 Å². The lowest BCUT2D eigenvalue weighted by atomic mass is 9.98. The Morgan fingerprint density at radius 2 is 2.18 bits per heavy atom. The predicted octanol–water partition coefficient (Wildman–Crippen LogP) is 3.72. The summed E-state index contributed by atoms with van der Waals surface area (Å²) in [6, 6.07) is 7.09. The molecule has 0 spiro atoms. The molecule has 2 aromatic heterocycles. The number of thiophene rings is 1. The van der Waals surface area contributed by atoms with Crippen molar-refractivity contribution < 1.29 is 22.5 Å². The lowest BCUT2D eigenvalue weighted by molar-refractivity contribution is -0.120. The van der Waals surface area contributed by atoms with Crippen LogP contribution in [-0.2, 0) is 21.2 Å². The van der Waals surface area contributed by atoms with E-state index >= 15 is 0 Å². The summed E-state index contributed by atoms with van der Waals surface area (Å²) < 4.78 is 38.6. The monoisotopic (exact) mass is 490 g/mol. The Morgan fingerprint density at radius 3 is 2.91 bits per heavy atom. The maximum Gasteiger partial charge on any atom is 0.252 e. The average Bonchev–Trinajstić information content (AvgIpc) is 3.49. The van der Waals surface area contributed by atoms with Gasteiger partial charge in [-0.15, -0.1) is 11.3 Å². The zero-order valence-corrected chi connectivity index (χ0v) is 20.3. The van der Waals surface area contributed by atoms with Crippen molar-refractivity contribution in [2.75, 3.05) is 25.5 Å². The first-order valence-electron chi connectivity index (χ1n) is 10.7. The molecular weight excluding hydrogens is 464 g/mol. The Hall–Kier alpha value is -2.76. The van der Waals surface area contributed by atoms with E-state index in [1.807, 2.05) is 26.0 Å². The molecule has 1 fully saturated rings. The average molecular weight is 491 g/mol.